The minimum Gasteiger partial charge on any atom is -0.482 e. The smallest absolute Gasteiger partial charge is 0.329 e. The first-order valence-corrected chi connectivity index (χ1v) is 11.9. The van der Waals surface area contributed by atoms with E-state index in [0.29, 0.717) is 17.0 Å². The summed E-state index contributed by atoms with van der Waals surface area (Å²) in [6.45, 7) is 6.79. The Kier molecular flexibility index (Phi) is 7.28. The van der Waals surface area contributed by atoms with Crippen molar-refractivity contribution in [3.8, 4) is 5.75 Å². The van der Waals surface area contributed by atoms with Crippen LogP contribution in [0.5, 0.6) is 5.75 Å². The van der Waals surface area contributed by atoms with Crippen LogP contribution in [-0.4, -0.2) is 56.5 Å². The van der Waals surface area contributed by atoms with Gasteiger partial charge in [0, 0.05) is 12.6 Å². The van der Waals surface area contributed by atoms with E-state index in [0.717, 1.165) is 16.8 Å². The molecule has 13 heteroatoms. The fraction of sp³-hybridized carbons (Fsp3) is 0.360. The van der Waals surface area contributed by atoms with E-state index in [2.05, 4.69) is 26.0 Å². The lowest BCUT2D eigenvalue weighted by Gasteiger charge is -2.24. The molecule has 1 aliphatic rings. The molecule has 2 aromatic heterocycles. The maximum Gasteiger partial charge on any atom is 0.329 e. The number of hydrogen-bond acceptors (Lipinski definition) is 8. The van der Waals surface area contributed by atoms with Gasteiger partial charge in [-0.2, -0.15) is 5.10 Å². The molecule has 0 saturated carbocycles. The molecular weight excluding hydrogens is 499 g/mol. The molecule has 0 radical (unpaired) electrons. The summed E-state index contributed by atoms with van der Waals surface area (Å²) in [5, 5.41) is 11.7. The van der Waals surface area contributed by atoms with Gasteiger partial charge < -0.3 is 25.4 Å². The highest BCUT2D eigenvalue weighted by molar-refractivity contribution is 5.99. The van der Waals surface area contributed by atoms with Gasteiger partial charge in [-0.3, -0.25) is 14.4 Å². The third kappa shape index (κ3) is 5.88. The predicted molar refractivity (Wildman–Crippen MR) is 132 cm³/mol. The molecule has 0 spiro atoms. The van der Waals surface area contributed by atoms with Crippen LogP contribution in [0.25, 0.3) is 5.65 Å². The van der Waals surface area contributed by atoms with Gasteiger partial charge in [0.1, 0.15) is 28.8 Å². The van der Waals surface area contributed by atoms with Gasteiger partial charge in [0.25, 0.3) is 17.7 Å². The summed E-state index contributed by atoms with van der Waals surface area (Å²) in [6, 6.07) is 5.22. The average molecular weight is 527 g/mol. The second kappa shape index (κ2) is 10.4. The number of amides is 3. The third-order valence-corrected chi connectivity index (χ3v) is 5.43. The molecule has 3 N–H and O–H groups in total. The number of ether oxygens (including phenoxy) is 2. The molecule has 4 rings (SSSR count). The van der Waals surface area contributed by atoms with Crippen molar-refractivity contribution >= 4 is 35.0 Å². The molecule has 0 bridgehead atoms. The summed E-state index contributed by atoms with van der Waals surface area (Å²) in [5.41, 5.74) is -0.390. The number of nitrogens with zero attached hydrogens (tertiary/aromatic N) is 3. The van der Waals surface area contributed by atoms with Crippen LogP contribution in [0.4, 0.5) is 10.1 Å². The second-order valence-corrected chi connectivity index (χ2v) is 9.57. The van der Waals surface area contributed by atoms with Crippen molar-refractivity contribution in [2.75, 3.05) is 11.9 Å². The monoisotopic (exact) mass is 526 g/mol. The van der Waals surface area contributed by atoms with E-state index in [1.807, 2.05) is 0 Å². The number of rotatable bonds is 7. The quantitative estimate of drug-likeness (QED) is 0.395. The normalized spacial score (nSPS) is 13.7. The van der Waals surface area contributed by atoms with Crippen LogP contribution in [0.2, 0.25) is 0 Å². The molecule has 3 aromatic rings. The van der Waals surface area contributed by atoms with Crippen molar-refractivity contribution in [1.82, 2.24) is 25.2 Å². The molecule has 1 aromatic carbocycles. The molecular formula is C25H27FN6O6. The number of hydrogen-bond donors (Lipinski definition) is 3. The van der Waals surface area contributed by atoms with E-state index >= 15 is 0 Å². The van der Waals surface area contributed by atoms with Crippen molar-refractivity contribution in [2.24, 2.45) is 0 Å². The van der Waals surface area contributed by atoms with Gasteiger partial charge >= 0.3 is 5.97 Å². The molecule has 3 heterocycles. The number of halogens is 1. The maximum atomic E-state index is 14.4. The highest BCUT2D eigenvalue weighted by Gasteiger charge is 2.28. The minimum absolute atomic E-state index is 0.0503. The average Bonchev–Trinajstić information content (AvgIpc) is 3.24. The minimum atomic E-state index is -0.976. The van der Waals surface area contributed by atoms with Crippen LogP contribution in [0.15, 0.2) is 30.5 Å². The third-order valence-electron chi connectivity index (χ3n) is 5.43. The summed E-state index contributed by atoms with van der Waals surface area (Å²) in [5.74, 6) is -2.69. The molecule has 200 valence electrons. The molecule has 0 saturated heterocycles. The summed E-state index contributed by atoms with van der Waals surface area (Å²) in [7, 11) is 0. The van der Waals surface area contributed by atoms with E-state index in [1.165, 1.54) is 0 Å². The van der Waals surface area contributed by atoms with Crippen LogP contribution in [-0.2, 0) is 20.9 Å². The van der Waals surface area contributed by atoms with Crippen LogP contribution >= 0.6 is 0 Å². The number of nitrogens with one attached hydrogen (secondary N) is 3. The Morgan fingerprint density at radius 3 is 2.71 bits per heavy atom. The molecule has 0 fully saturated rings. The Morgan fingerprint density at radius 2 is 2.00 bits per heavy atom. The van der Waals surface area contributed by atoms with Crippen molar-refractivity contribution in [2.45, 2.75) is 52.3 Å². The van der Waals surface area contributed by atoms with Crippen molar-refractivity contribution < 1.29 is 33.0 Å². The predicted octanol–water partition coefficient (Wildman–Crippen LogP) is 1.98. The first-order valence-electron chi connectivity index (χ1n) is 11.9. The number of aromatic nitrogens is 3. The fourth-order valence-corrected chi connectivity index (χ4v) is 3.66. The molecule has 0 aliphatic carbocycles. The Morgan fingerprint density at radius 1 is 1.24 bits per heavy atom. The Bertz CT molecular complexity index is 1430. The summed E-state index contributed by atoms with van der Waals surface area (Å²) < 4.78 is 26.0. The lowest BCUT2D eigenvalue weighted by molar-refractivity contribution is -0.157. The van der Waals surface area contributed by atoms with Gasteiger partial charge in [-0.25, -0.2) is 18.7 Å². The molecule has 38 heavy (non-hydrogen) atoms. The summed E-state index contributed by atoms with van der Waals surface area (Å²) >= 11 is 0. The standard InChI is InChI=1S/C25H27FN6O6/c1-5-15(24(36)38-25(2,3)4)31-23(35)18-9-17(30-21-14(26)11-28-32(18)21)22(34)27-10-13-6-7-19-16(8-13)29-20(33)12-37-19/h6-9,11,15H,5,10,12H2,1-4H3,(H,27,34)(H,29,33)(H,31,35)/t15-/m0/s1. The zero-order valence-corrected chi connectivity index (χ0v) is 21.3. The summed E-state index contributed by atoms with van der Waals surface area (Å²) in [6.07, 6.45) is 1.11. The first kappa shape index (κ1) is 26.5. The lowest BCUT2D eigenvalue weighted by atomic mass is 10.1. The number of esters is 1. The topological polar surface area (TPSA) is 153 Å². The molecule has 3 amide bonds. The number of fused-ring (bicyclic) bond motifs is 2. The highest BCUT2D eigenvalue weighted by Crippen LogP contribution is 2.28. The van der Waals surface area contributed by atoms with Gasteiger partial charge in [-0.1, -0.05) is 13.0 Å². The van der Waals surface area contributed by atoms with Gasteiger partial charge in [0.15, 0.2) is 18.1 Å². The Hall–Kier alpha value is -4.55. The van der Waals surface area contributed by atoms with Gasteiger partial charge in [-0.05, 0) is 44.9 Å². The summed E-state index contributed by atoms with van der Waals surface area (Å²) in [4.78, 5) is 54.1. The van der Waals surface area contributed by atoms with Crippen LogP contribution < -0.4 is 20.7 Å². The van der Waals surface area contributed by atoms with Crippen LogP contribution in [0.3, 0.4) is 0 Å². The number of anilines is 1. The van der Waals surface area contributed by atoms with E-state index in [9.17, 15) is 23.6 Å². The van der Waals surface area contributed by atoms with E-state index < -0.39 is 35.2 Å². The van der Waals surface area contributed by atoms with Gasteiger partial charge in [-0.15, -0.1) is 0 Å². The number of carbonyl (C=O) groups is 4. The molecule has 1 aliphatic heterocycles. The Labute approximate surface area is 216 Å². The van der Waals surface area contributed by atoms with Crippen molar-refractivity contribution in [3.63, 3.8) is 0 Å². The van der Waals surface area contributed by atoms with Crippen molar-refractivity contribution in [1.29, 1.82) is 0 Å². The van der Waals surface area contributed by atoms with Crippen molar-refractivity contribution in [3.05, 3.63) is 53.2 Å². The van der Waals surface area contributed by atoms with Crippen LogP contribution in [0.1, 0.15) is 60.7 Å². The zero-order valence-electron chi connectivity index (χ0n) is 21.3. The fourth-order valence-electron chi connectivity index (χ4n) is 3.66. The molecule has 0 unspecified atom stereocenters. The molecule has 12 nitrogen and oxygen atoms in total. The zero-order chi connectivity index (χ0) is 27.6. The maximum absolute atomic E-state index is 14.4. The first-order chi connectivity index (χ1) is 17.9. The van der Waals surface area contributed by atoms with E-state index in [-0.39, 0.29) is 42.5 Å². The molecule has 1 atom stereocenters. The lowest BCUT2D eigenvalue weighted by Crippen LogP contribution is -2.44. The van der Waals surface area contributed by atoms with E-state index in [4.69, 9.17) is 9.47 Å². The second-order valence-electron chi connectivity index (χ2n) is 9.57. The van der Waals surface area contributed by atoms with E-state index in [1.54, 1.807) is 45.9 Å². The van der Waals surface area contributed by atoms with Gasteiger partial charge in [0.05, 0.1) is 11.9 Å². The highest BCUT2D eigenvalue weighted by atomic mass is 19.1. The van der Waals surface area contributed by atoms with Gasteiger partial charge in [0.2, 0.25) is 0 Å². The number of carbonyl (C=O) groups excluding carboxylic acids is 4. The Balaban J connectivity index is 1.54. The number of benzene rings is 1. The largest absolute Gasteiger partial charge is 0.482 e. The van der Waals surface area contributed by atoms with Crippen LogP contribution in [0, 0.1) is 5.82 Å². The SMILES string of the molecule is CC[C@H](NC(=O)c1cc(C(=O)NCc2ccc3c(c2)NC(=O)CO3)nc2c(F)cnn12)C(=O)OC(C)(C)C.